The van der Waals surface area contributed by atoms with Crippen LogP contribution >= 0.6 is 11.3 Å². The van der Waals surface area contributed by atoms with E-state index in [1.807, 2.05) is 17.5 Å². The molecule has 100 valence electrons. The number of aryl methyl sites for hydroxylation is 2. The fourth-order valence-electron chi connectivity index (χ4n) is 2.29. The van der Waals surface area contributed by atoms with Crippen molar-refractivity contribution in [2.75, 3.05) is 0 Å². The number of thiophene rings is 1. The molecule has 0 spiro atoms. The van der Waals surface area contributed by atoms with Gasteiger partial charge in [0.25, 0.3) is 0 Å². The van der Waals surface area contributed by atoms with E-state index in [0.29, 0.717) is 0 Å². The molecule has 1 unspecified atom stereocenters. The second-order valence-electron chi connectivity index (χ2n) is 4.84. The summed E-state index contributed by atoms with van der Waals surface area (Å²) in [5.41, 5.74) is 2.54. The molecule has 19 heavy (non-hydrogen) atoms. The van der Waals surface area contributed by atoms with Gasteiger partial charge < -0.3 is 5.11 Å². The zero-order chi connectivity index (χ0) is 13.7. The first-order valence-electron chi connectivity index (χ1n) is 6.46. The van der Waals surface area contributed by atoms with Crippen molar-refractivity contribution < 1.29 is 9.90 Å². The molecule has 0 aliphatic heterocycles. The molecule has 2 aromatic rings. The normalized spacial score (nSPS) is 12.3. The highest BCUT2D eigenvalue weighted by molar-refractivity contribution is 7.10. The van der Waals surface area contributed by atoms with Gasteiger partial charge in [0, 0.05) is 10.8 Å². The third kappa shape index (κ3) is 4.21. The highest BCUT2D eigenvalue weighted by atomic mass is 32.1. The Labute approximate surface area is 117 Å². The van der Waals surface area contributed by atoms with E-state index >= 15 is 0 Å². The van der Waals surface area contributed by atoms with Crippen LogP contribution in [-0.4, -0.2) is 11.1 Å². The standard InChI is InChI=1S/C16H18O2S/c1-12-4-2-5-13(10-12)7-8-14(11-16(17)18)15-6-3-9-19-15/h2-6,9-10,14H,7-8,11H2,1H3,(H,17,18). The topological polar surface area (TPSA) is 37.3 Å². The largest absolute Gasteiger partial charge is 0.481 e. The first-order valence-corrected chi connectivity index (χ1v) is 7.34. The van der Waals surface area contributed by atoms with Gasteiger partial charge in [0.2, 0.25) is 0 Å². The maximum atomic E-state index is 11.0. The molecular weight excluding hydrogens is 256 g/mol. The zero-order valence-corrected chi connectivity index (χ0v) is 11.8. The van der Waals surface area contributed by atoms with Crippen LogP contribution in [0.15, 0.2) is 41.8 Å². The van der Waals surface area contributed by atoms with Gasteiger partial charge in [-0.05, 0) is 36.8 Å². The number of carbonyl (C=O) groups is 1. The van der Waals surface area contributed by atoms with Crippen molar-refractivity contribution in [1.29, 1.82) is 0 Å². The average molecular weight is 274 g/mol. The molecule has 1 aromatic carbocycles. The van der Waals surface area contributed by atoms with Crippen LogP contribution in [0.25, 0.3) is 0 Å². The van der Waals surface area contributed by atoms with E-state index in [0.717, 1.165) is 12.8 Å². The Kier molecular flexibility index (Phi) is 4.74. The molecule has 0 aliphatic rings. The number of carboxylic acids is 1. The van der Waals surface area contributed by atoms with E-state index < -0.39 is 5.97 Å². The maximum absolute atomic E-state index is 11.0. The van der Waals surface area contributed by atoms with Gasteiger partial charge in [-0.3, -0.25) is 4.79 Å². The van der Waals surface area contributed by atoms with Crippen LogP contribution in [0.2, 0.25) is 0 Å². The minimum Gasteiger partial charge on any atom is -0.481 e. The van der Waals surface area contributed by atoms with E-state index in [2.05, 4.69) is 31.2 Å². The quantitative estimate of drug-likeness (QED) is 0.855. The molecule has 2 nitrogen and oxygen atoms in total. The van der Waals surface area contributed by atoms with Crippen molar-refractivity contribution in [3.8, 4) is 0 Å². The van der Waals surface area contributed by atoms with E-state index in [1.165, 1.54) is 16.0 Å². The van der Waals surface area contributed by atoms with Gasteiger partial charge in [-0.2, -0.15) is 0 Å². The lowest BCUT2D eigenvalue weighted by Gasteiger charge is -2.13. The SMILES string of the molecule is Cc1cccc(CCC(CC(=O)O)c2cccs2)c1. The summed E-state index contributed by atoms with van der Waals surface area (Å²) in [5.74, 6) is -0.597. The highest BCUT2D eigenvalue weighted by Crippen LogP contribution is 2.29. The van der Waals surface area contributed by atoms with Gasteiger partial charge in [-0.25, -0.2) is 0 Å². The second kappa shape index (κ2) is 6.53. The Bertz CT molecular complexity index is 531. The average Bonchev–Trinajstić information content (AvgIpc) is 2.88. The van der Waals surface area contributed by atoms with E-state index in [1.54, 1.807) is 11.3 Å². The summed E-state index contributed by atoms with van der Waals surface area (Å²) < 4.78 is 0. The Balaban J connectivity index is 2.02. The van der Waals surface area contributed by atoms with Crippen molar-refractivity contribution >= 4 is 17.3 Å². The van der Waals surface area contributed by atoms with E-state index in [-0.39, 0.29) is 12.3 Å². The highest BCUT2D eigenvalue weighted by Gasteiger charge is 2.16. The minimum absolute atomic E-state index is 0.123. The molecule has 1 N–H and O–H groups in total. The summed E-state index contributed by atoms with van der Waals surface area (Å²) in [5, 5.41) is 11.0. The van der Waals surface area contributed by atoms with E-state index in [9.17, 15) is 4.79 Å². The molecule has 2 rings (SSSR count). The van der Waals surface area contributed by atoms with Gasteiger partial charge in [0.1, 0.15) is 0 Å². The number of hydrogen-bond acceptors (Lipinski definition) is 2. The number of hydrogen-bond donors (Lipinski definition) is 1. The van der Waals surface area contributed by atoms with Crippen LogP contribution in [0.3, 0.4) is 0 Å². The van der Waals surface area contributed by atoms with Crippen LogP contribution in [0, 0.1) is 6.92 Å². The van der Waals surface area contributed by atoms with Crippen LogP contribution in [0.4, 0.5) is 0 Å². The summed E-state index contributed by atoms with van der Waals surface area (Å²) in [6, 6.07) is 12.4. The number of carboxylic acid groups (broad SMARTS) is 1. The maximum Gasteiger partial charge on any atom is 0.303 e. The molecule has 1 heterocycles. The van der Waals surface area contributed by atoms with Gasteiger partial charge in [0.15, 0.2) is 0 Å². The number of rotatable bonds is 6. The van der Waals surface area contributed by atoms with Crippen molar-refractivity contribution in [2.45, 2.75) is 32.1 Å². The Morgan fingerprint density at radius 3 is 2.79 bits per heavy atom. The van der Waals surface area contributed by atoms with Gasteiger partial charge in [-0.1, -0.05) is 35.9 Å². The third-order valence-corrected chi connectivity index (χ3v) is 4.27. The lowest BCUT2D eigenvalue weighted by Crippen LogP contribution is -2.06. The summed E-state index contributed by atoms with van der Waals surface area (Å²) in [6.45, 7) is 2.08. The Morgan fingerprint density at radius 1 is 1.32 bits per heavy atom. The summed E-state index contributed by atoms with van der Waals surface area (Å²) >= 11 is 1.65. The summed E-state index contributed by atoms with van der Waals surface area (Å²) in [6.07, 6.45) is 2.03. The molecule has 0 fully saturated rings. The summed E-state index contributed by atoms with van der Waals surface area (Å²) in [4.78, 5) is 12.2. The monoisotopic (exact) mass is 274 g/mol. The van der Waals surface area contributed by atoms with Crippen molar-refractivity contribution in [2.24, 2.45) is 0 Å². The molecule has 0 radical (unpaired) electrons. The first-order chi connectivity index (χ1) is 9.15. The van der Waals surface area contributed by atoms with Crippen LogP contribution < -0.4 is 0 Å². The molecule has 1 atom stereocenters. The number of benzene rings is 1. The lowest BCUT2D eigenvalue weighted by molar-refractivity contribution is -0.137. The smallest absolute Gasteiger partial charge is 0.303 e. The molecule has 0 saturated heterocycles. The Morgan fingerprint density at radius 2 is 2.16 bits per heavy atom. The fraction of sp³-hybridized carbons (Fsp3) is 0.312. The molecule has 1 aromatic heterocycles. The molecule has 0 saturated carbocycles. The van der Waals surface area contributed by atoms with Crippen molar-refractivity contribution in [3.63, 3.8) is 0 Å². The minimum atomic E-state index is -0.720. The van der Waals surface area contributed by atoms with Gasteiger partial charge in [-0.15, -0.1) is 11.3 Å². The van der Waals surface area contributed by atoms with Crippen LogP contribution in [0.5, 0.6) is 0 Å². The Hall–Kier alpha value is -1.61. The lowest BCUT2D eigenvalue weighted by atomic mass is 9.94. The molecule has 0 amide bonds. The number of aliphatic carboxylic acids is 1. The summed E-state index contributed by atoms with van der Waals surface area (Å²) in [7, 11) is 0. The second-order valence-corrected chi connectivity index (χ2v) is 5.82. The predicted molar refractivity (Wildman–Crippen MR) is 78.8 cm³/mol. The van der Waals surface area contributed by atoms with Crippen molar-refractivity contribution in [1.82, 2.24) is 0 Å². The van der Waals surface area contributed by atoms with E-state index in [4.69, 9.17) is 5.11 Å². The molecule has 3 heteroatoms. The fourth-order valence-corrected chi connectivity index (χ4v) is 3.15. The predicted octanol–water partition coefficient (Wildman–Crippen LogP) is 4.25. The third-order valence-electron chi connectivity index (χ3n) is 3.23. The molecular formula is C16H18O2S. The van der Waals surface area contributed by atoms with Crippen LogP contribution in [0.1, 0.15) is 34.8 Å². The molecule has 0 aliphatic carbocycles. The zero-order valence-electron chi connectivity index (χ0n) is 11.0. The first kappa shape index (κ1) is 13.8. The molecule has 0 bridgehead atoms. The van der Waals surface area contributed by atoms with Crippen LogP contribution in [-0.2, 0) is 11.2 Å². The van der Waals surface area contributed by atoms with Gasteiger partial charge in [0.05, 0.1) is 6.42 Å². The van der Waals surface area contributed by atoms with Crippen molar-refractivity contribution in [3.05, 3.63) is 57.8 Å². The van der Waals surface area contributed by atoms with Gasteiger partial charge >= 0.3 is 5.97 Å².